The maximum atomic E-state index is 12.1. The molecule has 0 saturated carbocycles. The highest BCUT2D eigenvalue weighted by Gasteiger charge is 2.18. The summed E-state index contributed by atoms with van der Waals surface area (Å²) in [7, 11) is 0. The van der Waals surface area contributed by atoms with Crippen molar-refractivity contribution in [1.29, 1.82) is 0 Å². The van der Waals surface area contributed by atoms with Gasteiger partial charge in [-0.1, -0.05) is 29.8 Å². The first-order chi connectivity index (χ1) is 8.43. The van der Waals surface area contributed by atoms with Crippen LogP contribution >= 0.6 is 15.9 Å². The third-order valence-corrected chi connectivity index (χ3v) is 3.73. The van der Waals surface area contributed by atoms with Crippen molar-refractivity contribution in [2.45, 2.75) is 27.2 Å². The van der Waals surface area contributed by atoms with Gasteiger partial charge >= 0.3 is 0 Å². The van der Waals surface area contributed by atoms with Crippen LogP contribution in [0.4, 0.5) is 5.69 Å². The zero-order valence-electron chi connectivity index (χ0n) is 11.2. The summed E-state index contributed by atoms with van der Waals surface area (Å²) < 4.78 is 1.04. The maximum absolute atomic E-state index is 12.1. The Balaban J connectivity index is 2.70. The van der Waals surface area contributed by atoms with E-state index in [1.54, 1.807) is 0 Å². The van der Waals surface area contributed by atoms with Crippen LogP contribution in [0.3, 0.4) is 0 Å². The molecule has 1 unspecified atom stereocenters. The molecule has 0 fully saturated rings. The minimum absolute atomic E-state index is 0.00734. The number of benzene rings is 1. The summed E-state index contributed by atoms with van der Waals surface area (Å²) in [5, 5.41) is 2.93. The van der Waals surface area contributed by atoms with Gasteiger partial charge in [-0.25, -0.2) is 0 Å². The molecule has 0 bridgehead atoms. The molecule has 100 valence electrons. The zero-order chi connectivity index (χ0) is 13.7. The summed E-state index contributed by atoms with van der Waals surface area (Å²) in [6, 6.07) is 5.77. The second-order valence-corrected chi connectivity index (χ2v) is 5.87. The average Bonchev–Trinajstić information content (AvgIpc) is 2.30. The molecule has 3 nitrogen and oxygen atoms in total. The number of amides is 1. The number of hydrogen-bond donors (Lipinski definition) is 2. The lowest BCUT2D eigenvalue weighted by Crippen LogP contribution is -2.30. The fourth-order valence-corrected chi connectivity index (χ4v) is 2.09. The molecular weight excluding hydrogens is 292 g/mol. The summed E-state index contributed by atoms with van der Waals surface area (Å²) in [6.45, 7) is 6.58. The molecule has 0 saturated heterocycles. The number of anilines is 1. The van der Waals surface area contributed by atoms with Gasteiger partial charge < -0.3 is 11.1 Å². The Morgan fingerprint density at radius 3 is 2.61 bits per heavy atom. The molecular formula is C14H21BrN2O. The van der Waals surface area contributed by atoms with E-state index in [1.165, 1.54) is 0 Å². The van der Waals surface area contributed by atoms with Crippen LogP contribution in [0.1, 0.15) is 25.8 Å². The van der Waals surface area contributed by atoms with Gasteiger partial charge in [0.1, 0.15) is 0 Å². The number of carbonyl (C=O) groups excluding carboxylic acids is 1. The van der Waals surface area contributed by atoms with Gasteiger partial charge in [-0.3, -0.25) is 4.79 Å². The number of carbonyl (C=O) groups is 1. The van der Waals surface area contributed by atoms with Gasteiger partial charge in [-0.05, 0) is 43.0 Å². The van der Waals surface area contributed by atoms with Gasteiger partial charge in [0.05, 0.1) is 5.92 Å². The number of nitrogens with one attached hydrogen (secondary N) is 1. The van der Waals surface area contributed by atoms with Gasteiger partial charge in [0.2, 0.25) is 5.91 Å². The van der Waals surface area contributed by atoms with Crippen molar-refractivity contribution < 1.29 is 4.79 Å². The van der Waals surface area contributed by atoms with E-state index < -0.39 is 0 Å². The van der Waals surface area contributed by atoms with E-state index in [9.17, 15) is 4.79 Å². The Labute approximate surface area is 117 Å². The maximum Gasteiger partial charge on any atom is 0.228 e. The summed E-state index contributed by atoms with van der Waals surface area (Å²) in [4.78, 5) is 12.1. The van der Waals surface area contributed by atoms with Crippen molar-refractivity contribution in [3.63, 3.8) is 0 Å². The molecule has 0 aromatic heterocycles. The van der Waals surface area contributed by atoms with E-state index in [1.807, 2.05) is 25.1 Å². The highest BCUT2D eigenvalue weighted by molar-refractivity contribution is 9.10. The number of hydrogen-bond acceptors (Lipinski definition) is 2. The molecule has 0 aliphatic heterocycles. The largest absolute Gasteiger partial charge is 0.330 e. The molecule has 0 spiro atoms. The highest BCUT2D eigenvalue weighted by Crippen LogP contribution is 2.21. The number of nitrogens with two attached hydrogens (primary N) is 1. The topological polar surface area (TPSA) is 55.1 Å². The summed E-state index contributed by atoms with van der Waals surface area (Å²) >= 11 is 3.44. The SMILES string of the molecule is Cc1cc(NC(=O)C(CN)CC(C)C)ccc1Br. The third kappa shape index (κ3) is 4.42. The standard InChI is InChI=1S/C14H21BrN2O/c1-9(2)6-11(8-16)14(18)17-12-4-5-13(15)10(3)7-12/h4-5,7,9,11H,6,8,16H2,1-3H3,(H,17,18). The Hall–Kier alpha value is -0.870. The van der Waals surface area contributed by atoms with E-state index >= 15 is 0 Å². The van der Waals surface area contributed by atoms with E-state index in [-0.39, 0.29) is 11.8 Å². The van der Waals surface area contributed by atoms with Crippen LogP contribution in [0, 0.1) is 18.8 Å². The number of halogens is 1. The van der Waals surface area contributed by atoms with Crippen LogP contribution < -0.4 is 11.1 Å². The first-order valence-electron chi connectivity index (χ1n) is 6.21. The molecule has 3 N–H and O–H groups in total. The van der Waals surface area contributed by atoms with Crippen molar-refractivity contribution in [3.8, 4) is 0 Å². The third-order valence-electron chi connectivity index (χ3n) is 2.84. The lowest BCUT2D eigenvalue weighted by atomic mass is 9.96. The monoisotopic (exact) mass is 312 g/mol. The molecule has 0 aliphatic rings. The van der Waals surface area contributed by atoms with E-state index in [0.29, 0.717) is 12.5 Å². The molecule has 0 heterocycles. The van der Waals surface area contributed by atoms with Crippen molar-refractivity contribution in [2.75, 3.05) is 11.9 Å². The quantitative estimate of drug-likeness (QED) is 0.876. The normalized spacial score (nSPS) is 12.6. The zero-order valence-corrected chi connectivity index (χ0v) is 12.8. The average molecular weight is 313 g/mol. The predicted octanol–water partition coefficient (Wildman–Crippen LogP) is 3.32. The molecule has 18 heavy (non-hydrogen) atoms. The molecule has 1 aromatic carbocycles. The van der Waals surface area contributed by atoms with Crippen LogP contribution in [0.15, 0.2) is 22.7 Å². The first kappa shape index (κ1) is 15.2. The smallest absolute Gasteiger partial charge is 0.228 e. The Morgan fingerprint density at radius 1 is 1.44 bits per heavy atom. The molecule has 1 atom stereocenters. The minimum atomic E-state index is -0.117. The Morgan fingerprint density at radius 2 is 2.11 bits per heavy atom. The number of aryl methyl sites for hydroxylation is 1. The van der Waals surface area contributed by atoms with Crippen molar-refractivity contribution in [1.82, 2.24) is 0 Å². The van der Waals surface area contributed by atoms with Gasteiger partial charge in [0, 0.05) is 16.7 Å². The first-order valence-corrected chi connectivity index (χ1v) is 7.00. The highest BCUT2D eigenvalue weighted by atomic mass is 79.9. The van der Waals surface area contributed by atoms with Crippen LogP contribution in [-0.4, -0.2) is 12.5 Å². The van der Waals surface area contributed by atoms with Crippen LogP contribution in [0.25, 0.3) is 0 Å². The molecule has 0 aliphatic carbocycles. The molecule has 1 aromatic rings. The Kier molecular flexibility index (Phi) is 5.82. The van der Waals surface area contributed by atoms with Crippen molar-refractivity contribution in [2.24, 2.45) is 17.6 Å². The predicted molar refractivity (Wildman–Crippen MR) is 79.5 cm³/mol. The van der Waals surface area contributed by atoms with Gasteiger partial charge in [-0.15, -0.1) is 0 Å². The van der Waals surface area contributed by atoms with E-state index in [2.05, 4.69) is 35.1 Å². The lowest BCUT2D eigenvalue weighted by molar-refractivity contribution is -0.120. The fourth-order valence-electron chi connectivity index (χ4n) is 1.85. The summed E-state index contributed by atoms with van der Waals surface area (Å²) in [5.74, 6) is 0.359. The van der Waals surface area contributed by atoms with Gasteiger partial charge in [0.25, 0.3) is 0 Å². The number of rotatable bonds is 5. The minimum Gasteiger partial charge on any atom is -0.330 e. The summed E-state index contributed by atoms with van der Waals surface area (Å²) in [5.41, 5.74) is 7.58. The fraction of sp³-hybridized carbons (Fsp3) is 0.500. The van der Waals surface area contributed by atoms with Gasteiger partial charge in [0.15, 0.2) is 0 Å². The molecule has 1 rings (SSSR count). The van der Waals surface area contributed by atoms with E-state index in [0.717, 1.165) is 22.1 Å². The molecule has 0 radical (unpaired) electrons. The molecule has 4 heteroatoms. The Bertz CT molecular complexity index is 418. The van der Waals surface area contributed by atoms with Gasteiger partial charge in [-0.2, -0.15) is 0 Å². The second-order valence-electron chi connectivity index (χ2n) is 5.02. The van der Waals surface area contributed by atoms with Crippen LogP contribution in [0.5, 0.6) is 0 Å². The molecule has 1 amide bonds. The van der Waals surface area contributed by atoms with Crippen molar-refractivity contribution >= 4 is 27.5 Å². The summed E-state index contributed by atoms with van der Waals surface area (Å²) in [6.07, 6.45) is 0.817. The van der Waals surface area contributed by atoms with E-state index in [4.69, 9.17) is 5.73 Å². The van der Waals surface area contributed by atoms with Crippen LogP contribution in [-0.2, 0) is 4.79 Å². The lowest BCUT2D eigenvalue weighted by Gasteiger charge is -2.17. The van der Waals surface area contributed by atoms with Crippen LogP contribution in [0.2, 0.25) is 0 Å². The van der Waals surface area contributed by atoms with Crippen molar-refractivity contribution in [3.05, 3.63) is 28.2 Å². The second kappa shape index (κ2) is 6.90.